The zero-order chi connectivity index (χ0) is 18.9. The van der Waals surface area contributed by atoms with E-state index in [1.54, 1.807) is 31.4 Å². The molecule has 1 aliphatic heterocycles. The molecule has 0 spiro atoms. The summed E-state index contributed by atoms with van der Waals surface area (Å²) >= 11 is 0. The van der Waals surface area contributed by atoms with Crippen LogP contribution in [-0.4, -0.2) is 40.5 Å². The third-order valence-electron chi connectivity index (χ3n) is 4.16. The van der Waals surface area contributed by atoms with Gasteiger partial charge in [-0.25, -0.2) is 4.79 Å². The van der Waals surface area contributed by atoms with Crippen LogP contribution in [-0.2, 0) is 15.1 Å². The van der Waals surface area contributed by atoms with Crippen LogP contribution >= 0.6 is 0 Å². The minimum Gasteiger partial charge on any atom is -0.497 e. The minimum atomic E-state index is -1.22. The SMILES string of the molecule is COc1ccc2c(c1)C=C(C(=O)Nc1cnn(C(C)(C)C(=O)O)c1)CO2. The van der Waals surface area contributed by atoms with Gasteiger partial charge in [-0.05, 0) is 38.1 Å². The highest BCUT2D eigenvalue weighted by Gasteiger charge is 2.30. The fraction of sp³-hybridized carbons (Fsp3) is 0.278. The molecule has 2 aromatic rings. The van der Waals surface area contributed by atoms with E-state index in [4.69, 9.17) is 9.47 Å². The van der Waals surface area contributed by atoms with Crippen LogP contribution in [0.25, 0.3) is 6.08 Å². The lowest BCUT2D eigenvalue weighted by atomic mass is 10.1. The van der Waals surface area contributed by atoms with E-state index in [2.05, 4.69) is 10.4 Å². The number of carbonyl (C=O) groups is 2. The van der Waals surface area contributed by atoms with Gasteiger partial charge in [0, 0.05) is 11.8 Å². The number of hydrogen-bond donors (Lipinski definition) is 2. The number of nitrogens with zero attached hydrogens (tertiary/aromatic N) is 2. The quantitative estimate of drug-likeness (QED) is 0.850. The van der Waals surface area contributed by atoms with Crippen molar-refractivity contribution in [3.05, 3.63) is 41.7 Å². The molecule has 136 valence electrons. The van der Waals surface area contributed by atoms with Gasteiger partial charge in [-0.2, -0.15) is 5.10 Å². The van der Waals surface area contributed by atoms with Gasteiger partial charge in [0.1, 0.15) is 18.1 Å². The number of aliphatic carboxylic acids is 1. The van der Waals surface area contributed by atoms with Crippen LogP contribution in [0.4, 0.5) is 5.69 Å². The molecule has 26 heavy (non-hydrogen) atoms. The summed E-state index contributed by atoms with van der Waals surface area (Å²) < 4.78 is 12.1. The fourth-order valence-electron chi connectivity index (χ4n) is 2.42. The van der Waals surface area contributed by atoms with Gasteiger partial charge in [0.15, 0.2) is 5.54 Å². The standard InChI is InChI=1S/C18H19N3O5/c1-18(2,17(23)24)21-9-13(8-19-21)20-16(22)12-6-11-7-14(25-3)4-5-15(11)26-10-12/h4-9H,10H2,1-3H3,(H,20,22)(H,23,24). The number of ether oxygens (including phenoxy) is 2. The molecule has 0 radical (unpaired) electrons. The van der Waals surface area contributed by atoms with E-state index in [9.17, 15) is 14.7 Å². The topological polar surface area (TPSA) is 103 Å². The molecule has 8 heteroatoms. The first kappa shape index (κ1) is 17.5. The molecule has 0 saturated carbocycles. The van der Waals surface area contributed by atoms with Crippen molar-refractivity contribution in [1.29, 1.82) is 0 Å². The summed E-state index contributed by atoms with van der Waals surface area (Å²) in [4.78, 5) is 23.8. The Bertz CT molecular complexity index is 898. The van der Waals surface area contributed by atoms with Crippen LogP contribution in [0.1, 0.15) is 19.4 Å². The lowest BCUT2D eigenvalue weighted by Gasteiger charge is -2.19. The maximum atomic E-state index is 12.5. The second-order valence-corrected chi connectivity index (χ2v) is 6.35. The number of amides is 1. The average Bonchev–Trinajstić information content (AvgIpc) is 3.09. The summed E-state index contributed by atoms with van der Waals surface area (Å²) in [5.74, 6) is -0.0145. The molecular formula is C18H19N3O5. The van der Waals surface area contributed by atoms with Crippen molar-refractivity contribution in [3.8, 4) is 11.5 Å². The van der Waals surface area contributed by atoms with E-state index < -0.39 is 11.5 Å². The van der Waals surface area contributed by atoms with Crippen LogP contribution in [0, 0.1) is 0 Å². The molecule has 0 aliphatic carbocycles. The van der Waals surface area contributed by atoms with Crippen molar-refractivity contribution in [3.63, 3.8) is 0 Å². The summed E-state index contributed by atoms with van der Waals surface area (Å²) in [5.41, 5.74) is 0.382. The first-order valence-electron chi connectivity index (χ1n) is 7.92. The van der Waals surface area contributed by atoms with Crippen LogP contribution in [0.5, 0.6) is 11.5 Å². The highest BCUT2D eigenvalue weighted by Crippen LogP contribution is 2.30. The van der Waals surface area contributed by atoms with E-state index in [0.717, 1.165) is 5.56 Å². The monoisotopic (exact) mass is 357 g/mol. The largest absolute Gasteiger partial charge is 0.497 e. The Kier molecular flexibility index (Phi) is 4.41. The Hall–Kier alpha value is -3.29. The summed E-state index contributed by atoms with van der Waals surface area (Å²) in [6, 6.07) is 5.36. The van der Waals surface area contributed by atoms with Crippen molar-refractivity contribution in [2.24, 2.45) is 0 Å². The first-order chi connectivity index (χ1) is 12.3. The van der Waals surface area contributed by atoms with Crippen LogP contribution in [0.2, 0.25) is 0 Å². The number of aromatic nitrogens is 2. The van der Waals surface area contributed by atoms with E-state index in [1.807, 2.05) is 0 Å². The predicted molar refractivity (Wildman–Crippen MR) is 94.3 cm³/mol. The highest BCUT2D eigenvalue weighted by atomic mass is 16.5. The molecule has 1 aromatic carbocycles. The number of methoxy groups -OCH3 is 1. The average molecular weight is 357 g/mol. The number of carboxylic acid groups (broad SMARTS) is 1. The minimum absolute atomic E-state index is 0.139. The molecule has 1 amide bonds. The van der Waals surface area contributed by atoms with Gasteiger partial charge in [-0.15, -0.1) is 0 Å². The molecule has 3 rings (SSSR count). The molecule has 0 saturated heterocycles. The lowest BCUT2D eigenvalue weighted by Crippen LogP contribution is -2.35. The van der Waals surface area contributed by atoms with Gasteiger partial charge >= 0.3 is 5.97 Å². The van der Waals surface area contributed by atoms with E-state index >= 15 is 0 Å². The number of fused-ring (bicyclic) bond motifs is 1. The number of carboxylic acids is 1. The summed E-state index contributed by atoms with van der Waals surface area (Å²) in [6.07, 6.45) is 4.62. The molecule has 1 aliphatic rings. The molecule has 2 N–H and O–H groups in total. The number of carbonyl (C=O) groups excluding carboxylic acids is 1. The Morgan fingerprint density at radius 2 is 2.15 bits per heavy atom. The smallest absolute Gasteiger partial charge is 0.331 e. The number of rotatable bonds is 5. The first-order valence-corrected chi connectivity index (χ1v) is 7.92. The Balaban J connectivity index is 1.78. The van der Waals surface area contributed by atoms with Crippen molar-refractivity contribution in [1.82, 2.24) is 9.78 Å². The predicted octanol–water partition coefficient (Wildman–Crippen LogP) is 2.13. The van der Waals surface area contributed by atoms with Gasteiger partial charge in [0.05, 0.1) is 24.6 Å². The van der Waals surface area contributed by atoms with Crippen molar-refractivity contribution in [2.75, 3.05) is 19.0 Å². The number of benzene rings is 1. The van der Waals surface area contributed by atoms with Crippen molar-refractivity contribution in [2.45, 2.75) is 19.4 Å². The fourth-order valence-corrected chi connectivity index (χ4v) is 2.42. The number of anilines is 1. The number of nitrogens with one attached hydrogen (secondary N) is 1. The van der Waals surface area contributed by atoms with E-state index in [-0.39, 0.29) is 12.5 Å². The second-order valence-electron chi connectivity index (χ2n) is 6.35. The zero-order valence-corrected chi connectivity index (χ0v) is 14.6. The van der Waals surface area contributed by atoms with Crippen molar-refractivity contribution < 1.29 is 24.2 Å². The molecular weight excluding hydrogens is 338 g/mol. The summed E-state index contributed by atoms with van der Waals surface area (Å²) in [7, 11) is 1.57. The Labute approximate surface area is 150 Å². The van der Waals surface area contributed by atoms with Crippen LogP contribution in [0.15, 0.2) is 36.2 Å². The van der Waals surface area contributed by atoms with Crippen LogP contribution < -0.4 is 14.8 Å². The normalized spacial score (nSPS) is 13.3. The second kappa shape index (κ2) is 6.55. The van der Waals surface area contributed by atoms with E-state index in [1.165, 1.54) is 30.9 Å². The van der Waals surface area contributed by atoms with Gasteiger partial charge in [0.2, 0.25) is 0 Å². The van der Waals surface area contributed by atoms with Crippen molar-refractivity contribution >= 4 is 23.6 Å². The third kappa shape index (κ3) is 3.26. The van der Waals surface area contributed by atoms with Gasteiger partial charge in [0.25, 0.3) is 5.91 Å². The molecule has 1 aromatic heterocycles. The molecule has 0 atom stereocenters. The maximum absolute atomic E-state index is 12.5. The van der Waals surface area contributed by atoms with Crippen LogP contribution in [0.3, 0.4) is 0 Å². The molecule has 0 bridgehead atoms. The molecule has 2 heterocycles. The maximum Gasteiger partial charge on any atom is 0.331 e. The Morgan fingerprint density at radius 1 is 1.38 bits per heavy atom. The lowest BCUT2D eigenvalue weighted by molar-refractivity contribution is -0.146. The summed E-state index contributed by atoms with van der Waals surface area (Å²) in [6.45, 7) is 3.19. The highest BCUT2D eigenvalue weighted by molar-refractivity contribution is 6.07. The zero-order valence-electron chi connectivity index (χ0n) is 14.6. The summed E-state index contributed by atoms with van der Waals surface area (Å²) in [5, 5.41) is 16.0. The van der Waals surface area contributed by atoms with Gasteiger partial charge in [-0.3, -0.25) is 9.48 Å². The van der Waals surface area contributed by atoms with Gasteiger partial charge < -0.3 is 19.9 Å². The van der Waals surface area contributed by atoms with Gasteiger partial charge in [-0.1, -0.05) is 0 Å². The molecule has 8 nitrogen and oxygen atoms in total. The molecule has 0 unspecified atom stereocenters. The third-order valence-corrected chi connectivity index (χ3v) is 4.16. The Morgan fingerprint density at radius 3 is 2.85 bits per heavy atom. The number of hydrogen-bond acceptors (Lipinski definition) is 5. The molecule has 0 fully saturated rings. The van der Waals surface area contributed by atoms with E-state index in [0.29, 0.717) is 22.8 Å².